The van der Waals surface area contributed by atoms with Gasteiger partial charge in [-0.15, -0.1) is 22.7 Å². The van der Waals surface area contributed by atoms with Crippen LogP contribution in [0.25, 0.3) is 9.88 Å². The van der Waals surface area contributed by atoms with Crippen molar-refractivity contribution in [3.63, 3.8) is 0 Å². The average Bonchev–Trinajstić information content (AvgIpc) is 3.41. The van der Waals surface area contributed by atoms with Crippen LogP contribution in [0.2, 0.25) is 0 Å². The summed E-state index contributed by atoms with van der Waals surface area (Å²) in [6.07, 6.45) is 0. The number of hydrogen-bond acceptors (Lipinski definition) is 6. The molecule has 1 aliphatic rings. The van der Waals surface area contributed by atoms with Gasteiger partial charge in [0.05, 0.1) is 9.77 Å². The number of rotatable bonds is 4. The average molecular weight is 448 g/mol. The van der Waals surface area contributed by atoms with Gasteiger partial charge in [0, 0.05) is 31.6 Å². The normalized spacial score (nSPS) is 15.6. The van der Waals surface area contributed by atoms with E-state index in [0.29, 0.717) is 23.7 Å². The van der Waals surface area contributed by atoms with E-state index in [9.17, 15) is 13.2 Å². The summed E-state index contributed by atoms with van der Waals surface area (Å²) in [6, 6.07) is 9.13. The number of thiophene rings is 1. The summed E-state index contributed by atoms with van der Waals surface area (Å²) >= 11 is 3.04. The highest BCUT2D eigenvalue weighted by atomic mass is 32.2. The third kappa shape index (κ3) is 4.00. The number of benzene rings is 1. The van der Waals surface area contributed by atoms with Crippen LogP contribution in [0.15, 0.2) is 46.0 Å². The molecule has 0 spiro atoms. The maximum atomic E-state index is 12.9. The van der Waals surface area contributed by atoms with E-state index in [0.717, 1.165) is 21.0 Å². The van der Waals surface area contributed by atoms with Crippen LogP contribution in [0, 0.1) is 13.8 Å². The third-order valence-corrected chi connectivity index (χ3v) is 8.87. The lowest BCUT2D eigenvalue weighted by atomic mass is 10.1. The molecule has 0 aliphatic carbocycles. The van der Waals surface area contributed by atoms with Gasteiger partial charge in [-0.05, 0) is 48.6 Å². The number of thiazole rings is 1. The molecule has 6 nitrogen and oxygen atoms in total. The van der Waals surface area contributed by atoms with E-state index in [1.54, 1.807) is 33.7 Å². The molecule has 29 heavy (non-hydrogen) atoms. The monoisotopic (exact) mass is 447 g/mol. The van der Waals surface area contributed by atoms with Gasteiger partial charge in [0.1, 0.15) is 10.7 Å². The van der Waals surface area contributed by atoms with Crippen molar-refractivity contribution in [2.75, 3.05) is 26.2 Å². The highest BCUT2D eigenvalue weighted by Gasteiger charge is 2.31. The van der Waals surface area contributed by atoms with Crippen molar-refractivity contribution >= 4 is 38.6 Å². The first-order valence-corrected chi connectivity index (χ1v) is 12.4. The molecule has 0 atom stereocenters. The number of nitrogens with zero attached hydrogens (tertiary/aromatic N) is 3. The number of piperazine rings is 1. The quantitative estimate of drug-likeness (QED) is 0.612. The standard InChI is InChI=1S/C20H21N3O3S3/c1-14-5-6-16(12-15(14)2)29(25,26)23-9-7-22(8-10-23)20(24)17-13-28-19(21-17)18-4-3-11-27-18/h3-6,11-13H,7-10H2,1-2H3. The Bertz CT molecular complexity index is 1130. The van der Waals surface area contributed by atoms with Gasteiger partial charge in [-0.2, -0.15) is 4.31 Å². The van der Waals surface area contributed by atoms with E-state index in [1.165, 1.54) is 15.6 Å². The van der Waals surface area contributed by atoms with Crippen LogP contribution in [-0.4, -0.2) is 54.7 Å². The van der Waals surface area contributed by atoms with Crippen molar-refractivity contribution in [2.45, 2.75) is 18.7 Å². The first-order valence-electron chi connectivity index (χ1n) is 9.22. The number of sulfonamides is 1. The summed E-state index contributed by atoms with van der Waals surface area (Å²) in [7, 11) is -3.56. The van der Waals surface area contributed by atoms with Crippen LogP contribution in [0.3, 0.4) is 0 Å². The Morgan fingerprint density at radius 2 is 1.79 bits per heavy atom. The molecule has 152 valence electrons. The molecule has 3 heterocycles. The summed E-state index contributed by atoms with van der Waals surface area (Å²) in [5.74, 6) is -0.146. The predicted molar refractivity (Wildman–Crippen MR) is 116 cm³/mol. The maximum absolute atomic E-state index is 12.9. The lowest BCUT2D eigenvalue weighted by molar-refractivity contribution is 0.0693. The zero-order valence-electron chi connectivity index (χ0n) is 16.2. The Morgan fingerprint density at radius 3 is 2.45 bits per heavy atom. The molecule has 4 rings (SSSR count). The summed E-state index contributed by atoms with van der Waals surface area (Å²) in [6.45, 7) is 5.14. The van der Waals surface area contributed by atoms with Crippen molar-refractivity contribution in [2.24, 2.45) is 0 Å². The Morgan fingerprint density at radius 1 is 1.03 bits per heavy atom. The zero-order chi connectivity index (χ0) is 20.6. The number of hydrogen-bond donors (Lipinski definition) is 0. The first kappa shape index (κ1) is 20.2. The molecule has 0 N–H and O–H groups in total. The van der Waals surface area contributed by atoms with Crippen LogP contribution in [0.4, 0.5) is 0 Å². The molecule has 1 saturated heterocycles. The first-order chi connectivity index (χ1) is 13.9. The van der Waals surface area contributed by atoms with Crippen molar-refractivity contribution in [1.82, 2.24) is 14.2 Å². The highest BCUT2D eigenvalue weighted by molar-refractivity contribution is 7.89. The lowest BCUT2D eigenvalue weighted by Gasteiger charge is -2.33. The van der Waals surface area contributed by atoms with Crippen molar-refractivity contribution < 1.29 is 13.2 Å². The molecule has 0 bridgehead atoms. The van der Waals surface area contributed by atoms with Gasteiger partial charge in [0.2, 0.25) is 10.0 Å². The summed E-state index contributed by atoms with van der Waals surface area (Å²) in [4.78, 5) is 20.3. The molecule has 0 saturated carbocycles. The largest absolute Gasteiger partial charge is 0.335 e. The number of aromatic nitrogens is 1. The van der Waals surface area contributed by atoms with Gasteiger partial charge in [0.25, 0.3) is 5.91 Å². The van der Waals surface area contributed by atoms with Gasteiger partial charge in [0.15, 0.2) is 0 Å². The molecule has 1 fully saturated rings. The molecule has 1 aliphatic heterocycles. The van der Waals surface area contributed by atoms with Crippen molar-refractivity contribution in [3.8, 4) is 9.88 Å². The lowest BCUT2D eigenvalue weighted by Crippen LogP contribution is -2.50. The minimum Gasteiger partial charge on any atom is -0.335 e. The van der Waals surface area contributed by atoms with E-state index in [-0.39, 0.29) is 19.0 Å². The van der Waals surface area contributed by atoms with Crippen LogP contribution >= 0.6 is 22.7 Å². The molecule has 0 radical (unpaired) electrons. The molecule has 1 aromatic carbocycles. The Hall–Kier alpha value is -2.07. The van der Waals surface area contributed by atoms with E-state index in [1.807, 2.05) is 37.4 Å². The summed E-state index contributed by atoms with van der Waals surface area (Å²) in [5, 5.41) is 4.59. The van der Waals surface area contributed by atoms with Crippen LogP contribution in [0.1, 0.15) is 21.6 Å². The molecular formula is C20H21N3O3S3. The van der Waals surface area contributed by atoms with Crippen LogP contribution in [0.5, 0.6) is 0 Å². The topological polar surface area (TPSA) is 70.6 Å². The molecule has 9 heteroatoms. The molecule has 0 unspecified atom stereocenters. The van der Waals surface area contributed by atoms with Crippen LogP contribution < -0.4 is 0 Å². The van der Waals surface area contributed by atoms with Gasteiger partial charge < -0.3 is 4.90 Å². The number of carbonyl (C=O) groups is 1. The molecule has 2 aromatic heterocycles. The molecule has 3 aromatic rings. The molecule has 1 amide bonds. The van der Waals surface area contributed by atoms with Gasteiger partial charge in [-0.3, -0.25) is 4.79 Å². The van der Waals surface area contributed by atoms with Crippen molar-refractivity contribution in [3.05, 3.63) is 57.9 Å². The second kappa shape index (κ2) is 7.98. The Labute approximate surface area is 178 Å². The minimum absolute atomic E-state index is 0.146. The second-order valence-electron chi connectivity index (χ2n) is 6.96. The van der Waals surface area contributed by atoms with E-state index in [2.05, 4.69) is 4.98 Å². The Balaban J connectivity index is 1.43. The fourth-order valence-electron chi connectivity index (χ4n) is 3.20. The van der Waals surface area contributed by atoms with Crippen molar-refractivity contribution in [1.29, 1.82) is 0 Å². The number of amides is 1. The fourth-order valence-corrected chi connectivity index (χ4v) is 6.32. The molecular weight excluding hydrogens is 426 g/mol. The highest BCUT2D eigenvalue weighted by Crippen LogP contribution is 2.28. The fraction of sp³-hybridized carbons (Fsp3) is 0.300. The van der Waals surface area contributed by atoms with Crippen LogP contribution in [-0.2, 0) is 10.0 Å². The predicted octanol–water partition coefficient (Wildman–Crippen LogP) is 3.64. The van der Waals surface area contributed by atoms with Gasteiger partial charge in [-0.1, -0.05) is 12.1 Å². The van der Waals surface area contributed by atoms with E-state index < -0.39 is 10.0 Å². The van der Waals surface area contributed by atoms with E-state index in [4.69, 9.17) is 0 Å². The smallest absolute Gasteiger partial charge is 0.273 e. The summed E-state index contributed by atoms with van der Waals surface area (Å²) in [5.41, 5.74) is 2.43. The SMILES string of the molecule is Cc1ccc(S(=O)(=O)N2CCN(C(=O)c3csc(-c4cccs4)n3)CC2)cc1C. The zero-order valence-corrected chi connectivity index (χ0v) is 18.6. The number of aryl methyl sites for hydroxylation is 2. The minimum atomic E-state index is -3.56. The third-order valence-electron chi connectivity index (χ3n) is 5.10. The van der Waals surface area contributed by atoms with Gasteiger partial charge >= 0.3 is 0 Å². The van der Waals surface area contributed by atoms with E-state index >= 15 is 0 Å². The maximum Gasteiger partial charge on any atom is 0.273 e. The second-order valence-corrected chi connectivity index (χ2v) is 10.7. The Kier molecular flexibility index (Phi) is 5.56. The summed E-state index contributed by atoms with van der Waals surface area (Å²) < 4.78 is 27.3. The number of carbonyl (C=O) groups excluding carboxylic acids is 1. The van der Waals surface area contributed by atoms with Gasteiger partial charge in [-0.25, -0.2) is 13.4 Å².